The van der Waals surface area contributed by atoms with Crippen LogP contribution in [-0.2, 0) is 4.79 Å². The zero-order valence-electron chi connectivity index (χ0n) is 15.5. The summed E-state index contributed by atoms with van der Waals surface area (Å²) in [5.74, 6) is -4.80. The second-order valence-electron chi connectivity index (χ2n) is 7.17. The Bertz CT molecular complexity index is 953. The van der Waals surface area contributed by atoms with Crippen LogP contribution in [0.3, 0.4) is 0 Å². The zero-order valence-corrected chi connectivity index (χ0v) is 16.2. The smallest absolute Gasteiger partial charge is 0.269 e. The van der Waals surface area contributed by atoms with E-state index in [1.54, 1.807) is 6.92 Å². The number of nitrogens with one attached hydrogen (secondary N) is 2. The minimum Gasteiger partial charge on any atom is -0.320 e. The second-order valence-corrected chi connectivity index (χ2v) is 7.56. The van der Waals surface area contributed by atoms with Crippen molar-refractivity contribution in [1.82, 2.24) is 20.0 Å². The molecule has 0 saturated heterocycles. The first-order chi connectivity index (χ1) is 13.6. The number of nitrogens with zero attached hydrogens (tertiary/aromatic N) is 3. The number of amides is 1. The summed E-state index contributed by atoms with van der Waals surface area (Å²) in [6.45, 7) is 1.59. The lowest BCUT2D eigenvalue weighted by molar-refractivity contribution is -0.120. The molecule has 12 heteroatoms. The fourth-order valence-corrected chi connectivity index (χ4v) is 3.51. The molecule has 1 fully saturated rings. The van der Waals surface area contributed by atoms with E-state index in [0.29, 0.717) is 0 Å². The maximum absolute atomic E-state index is 14.2. The molecule has 0 aromatic carbocycles. The SMILES string of the molecule is CC(c1cc(Cl)n[nH]c1=O)n1cc(NC(=O)C(N)C2CCC(F)(F)CC2)c(F)n1. The molecule has 0 spiro atoms. The summed E-state index contributed by atoms with van der Waals surface area (Å²) >= 11 is 5.78. The minimum atomic E-state index is -2.73. The van der Waals surface area contributed by atoms with Gasteiger partial charge in [0.25, 0.3) is 11.5 Å². The first-order valence-corrected chi connectivity index (χ1v) is 9.39. The van der Waals surface area contributed by atoms with E-state index in [1.165, 1.54) is 12.3 Å². The highest BCUT2D eigenvalue weighted by molar-refractivity contribution is 6.29. The summed E-state index contributed by atoms with van der Waals surface area (Å²) in [7, 11) is 0. The summed E-state index contributed by atoms with van der Waals surface area (Å²) in [5, 5.41) is 11.9. The highest BCUT2D eigenvalue weighted by Crippen LogP contribution is 2.37. The van der Waals surface area contributed by atoms with Crippen LogP contribution in [0.25, 0.3) is 0 Å². The molecule has 8 nitrogen and oxygen atoms in total. The number of carbonyl (C=O) groups excluding carboxylic acids is 1. The van der Waals surface area contributed by atoms with E-state index >= 15 is 0 Å². The van der Waals surface area contributed by atoms with Gasteiger partial charge in [-0.2, -0.15) is 9.49 Å². The van der Waals surface area contributed by atoms with Crippen LogP contribution in [0.1, 0.15) is 44.2 Å². The summed E-state index contributed by atoms with van der Waals surface area (Å²) in [6, 6.07) is -0.417. The number of H-pyrrole nitrogens is 1. The quantitative estimate of drug-likeness (QED) is 0.670. The molecule has 1 aliphatic carbocycles. The number of hydrogen-bond acceptors (Lipinski definition) is 5. The van der Waals surface area contributed by atoms with Gasteiger partial charge in [0.2, 0.25) is 11.8 Å². The largest absolute Gasteiger partial charge is 0.320 e. The Morgan fingerprint density at radius 3 is 2.76 bits per heavy atom. The van der Waals surface area contributed by atoms with Gasteiger partial charge in [-0.1, -0.05) is 11.6 Å². The third-order valence-corrected chi connectivity index (χ3v) is 5.36. The lowest BCUT2D eigenvalue weighted by Gasteiger charge is -2.31. The molecule has 0 aliphatic heterocycles. The molecule has 1 aliphatic rings. The molecule has 2 unspecified atom stereocenters. The van der Waals surface area contributed by atoms with E-state index in [1.807, 2.05) is 0 Å². The molecule has 2 heterocycles. The van der Waals surface area contributed by atoms with Gasteiger partial charge < -0.3 is 11.1 Å². The second kappa shape index (κ2) is 8.15. The summed E-state index contributed by atoms with van der Waals surface area (Å²) in [5.41, 5.74) is 5.36. The van der Waals surface area contributed by atoms with Crippen molar-refractivity contribution in [3.63, 3.8) is 0 Å². The van der Waals surface area contributed by atoms with Crippen molar-refractivity contribution in [3.05, 3.63) is 39.3 Å². The molecule has 158 valence electrons. The van der Waals surface area contributed by atoms with Crippen LogP contribution >= 0.6 is 11.6 Å². The summed E-state index contributed by atoms with van der Waals surface area (Å²) in [6.07, 6.45) is 0.794. The van der Waals surface area contributed by atoms with Gasteiger partial charge in [-0.15, -0.1) is 5.10 Å². The highest BCUT2D eigenvalue weighted by Gasteiger charge is 2.38. The van der Waals surface area contributed by atoms with Crippen molar-refractivity contribution >= 4 is 23.2 Å². The van der Waals surface area contributed by atoms with Gasteiger partial charge in [0.05, 0.1) is 18.3 Å². The third kappa shape index (κ3) is 4.78. The minimum absolute atomic E-state index is 0.0524. The van der Waals surface area contributed by atoms with Gasteiger partial charge in [-0.3, -0.25) is 14.3 Å². The molecular formula is C17H20ClF3N6O2. The van der Waals surface area contributed by atoms with Gasteiger partial charge >= 0.3 is 0 Å². The molecule has 1 saturated carbocycles. The van der Waals surface area contributed by atoms with Crippen LogP contribution in [0, 0.1) is 11.9 Å². The lowest BCUT2D eigenvalue weighted by atomic mass is 9.82. The number of hydrogen-bond donors (Lipinski definition) is 3. The van der Waals surface area contributed by atoms with E-state index < -0.39 is 41.3 Å². The molecule has 2 atom stereocenters. The van der Waals surface area contributed by atoms with Crippen molar-refractivity contribution in [2.75, 3.05) is 5.32 Å². The average molecular weight is 433 g/mol. The van der Waals surface area contributed by atoms with E-state index in [0.717, 1.165) is 4.68 Å². The number of carbonyl (C=O) groups is 1. The molecule has 0 radical (unpaired) electrons. The normalized spacial score (nSPS) is 19.0. The van der Waals surface area contributed by atoms with Crippen LogP contribution in [0.4, 0.5) is 18.9 Å². The predicted octanol–water partition coefficient (Wildman–Crippen LogP) is 2.46. The van der Waals surface area contributed by atoms with Crippen molar-refractivity contribution in [2.45, 2.75) is 50.6 Å². The van der Waals surface area contributed by atoms with Gasteiger partial charge in [0.15, 0.2) is 0 Å². The zero-order chi connectivity index (χ0) is 21.3. The van der Waals surface area contributed by atoms with Crippen LogP contribution in [0.2, 0.25) is 5.15 Å². The molecule has 2 aromatic heterocycles. The van der Waals surface area contributed by atoms with Crippen molar-refractivity contribution in [1.29, 1.82) is 0 Å². The van der Waals surface area contributed by atoms with Crippen LogP contribution in [0.15, 0.2) is 17.1 Å². The Labute approximate surface area is 168 Å². The Balaban J connectivity index is 1.71. The van der Waals surface area contributed by atoms with Crippen LogP contribution < -0.4 is 16.6 Å². The topological polar surface area (TPSA) is 119 Å². The maximum atomic E-state index is 14.2. The molecular weight excluding hydrogens is 413 g/mol. The van der Waals surface area contributed by atoms with Crippen molar-refractivity contribution < 1.29 is 18.0 Å². The van der Waals surface area contributed by atoms with Crippen molar-refractivity contribution in [2.24, 2.45) is 11.7 Å². The molecule has 29 heavy (non-hydrogen) atoms. The predicted molar refractivity (Wildman–Crippen MR) is 99.4 cm³/mol. The van der Waals surface area contributed by atoms with E-state index in [4.69, 9.17) is 17.3 Å². The molecule has 1 amide bonds. The molecule has 3 rings (SSSR count). The number of aromatic nitrogens is 4. The fraction of sp³-hybridized carbons (Fsp3) is 0.529. The van der Waals surface area contributed by atoms with Crippen molar-refractivity contribution in [3.8, 4) is 0 Å². The molecule has 2 aromatic rings. The monoisotopic (exact) mass is 432 g/mol. The lowest BCUT2D eigenvalue weighted by Crippen LogP contribution is -2.44. The molecule has 4 N–H and O–H groups in total. The molecule has 0 bridgehead atoms. The highest BCUT2D eigenvalue weighted by atomic mass is 35.5. The van der Waals surface area contributed by atoms with E-state index in [9.17, 15) is 22.8 Å². The van der Waals surface area contributed by atoms with E-state index in [2.05, 4.69) is 20.6 Å². The fourth-order valence-electron chi connectivity index (χ4n) is 3.35. The van der Waals surface area contributed by atoms with Crippen LogP contribution in [-0.4, -0.2) is 37.8 Å². The number of halogens is 4. The van der Waals surface area contributed by atoms with E-state index in [-0.39, 0.29) is 42.1 Å². The Morgan fingerprint density at radius 1 is 1.45 bits per heavy atom. The summed E-state index contributed by atoms with van der Waals surface area (Å²) in [4.78, 5) is 24.3. The Hall–Kier alpha value is -2.40. The van der Waals surface area contributed by atoms with Gasteiger partial charge in [-0.25, -0.2) is 13.9 Å². The number of rotatable bonds is 5. The Morgan fingerprint density at radius 2 is 2.10 bits per heavy atom. The Kier molecular flexibility index (Phi) is 5.99. The van der Waals surface area contributed by atoms with Gasteiger partial charge in [-0.05, 0) is 31.7 Å². The number of alkyl halides is 2. The van der Waals surface area contributed by atoms with Crippen LogP contribution in [0.5, 0.6) is 0 Å². The first kappa shape index (κ1) is 21.3. The third-order valence-electron chi connectivity index (χ3n) is 5.17. The van der Waals surface area contributed by atoms with Gasteiger partial charge in [0, 0.05) is 18.4 Å². The number of aromatic amines is 1. The maximum Gasteiger partial charge on any atom is 0.269 e. The summed E-state index contributed by atoms with van der Waals surface area (Å²) < 4.78 is 41.9. The average Bonchev–Trinajstić information content (AvgIpc) is 3.03. The number of anilines is 1. The standard InChI is InChI=1S/C17H20ClF3N6O2/c1-8(10-6-12(18)24-25-15(10)28)27-7-11(14(19)26-27)23-16(29)13(22)9-2-4-17(20,21)5-3-9/h6-9,13H,2-5,22H2,1H3,(H,23,29)(H,25,28). The first-order valence-electron chi connectivity index (χ1n) is 9.01. The number of nitrogens with two attached hydrogens (primary N) is 1. The van der Waals surface area contributed by atoms with Gasteiger partial charge in [0.1, 0.15) is 10.8 Å².